The van der Waals surface area contributed by atoms with E-state index < -0.39 is 0 Å². The number of para-hydroxylation sites is 1. The molecule has 4 rings (SSSR count). The van der Waals surface area contributed by atoms with Crippen molar-refractivity contribution in [3.63, 3.8) is 0 Å². The fraction of sp³-hybridized carbons (Fsp3) is 0.227. The quantitative estimate of drug-likeness (QED) is 0.766. The molecule has 1 fully saturated rings. The molecule has 1 saturated heterocycles. The molecule has 136 valence electrons. The topological polar surface area (TPSA) is 58.1 Å². The van der Waals surface area contributed by atoms with Gasteiger partial charge in [0.05, 0.1) is 11.6 Å². The summed E-state index contributed by atoms with van der Waals surface area (Å²) in [6.45, 7) is 1.56. The van der Waals surface area contributed by atoms with Gasteiger partial charge in [0.25, 0.3) is 0 Å². The van der Waals surface area contributed by atoms with Gasteiger partial charge in [0.15, 0.2) is 5.82 Å². The third-order valence-electron chi connectivity index (χ3n) is 4.88. The first kappa shape index (κ1) is 17.2. The molecule has 5 heteroatoms. The van der Waals surface area contributed by atoms with E-state index in [0.29, 0.717) is 6.54 Å². The average molecular weight is 358 g/mol. The lowest BCUT2D eigenvalue weighted by Gasteiger charge is -2.32. The van der Waals surface area contributed by atoms with Crippen molar-refractivity contribution in [3.8, 4) is 11.3 Å². The second kappa shape index (κ2) is 7.99. The van der Waals surface area contributed by atoms with Crippen molar-refractivity contribution in [3.05, 3.63) is 72.8 Å². The van der Waals surface area contributed by atoms with E-state index in [0.717, 1.165) is 42.1 Å². The van der Waals surface area contributed by atoms with Crippen LogP contribution in [0.2, 0.25) is 0 Å². The van der Waals surface area contributed by atoms with Crippen LogP contribution in [0, 0.1) is 5.92 Å². The van der Waals surface area contributed by atoms with Gasteiger partial charge in [-0.3, -0.25) is 4.79 Å². The fourth-order valence-corrected chi connectivity index (χ4v) is 3.42. The van der Waals surface area contributed by atoms with E-state index in [1.807, 2.05) is 72.8 Å². The Kier molecular flexibility index (Phi) is 5.10. The van der Waals surface area contributed by atoms with Gasteiger partial charge in [-0.15, -0.1) is 10.2 Å². The SMILES string of the molecule is O=C(Nc1ccccc1)C1CCCN(c2ccc(-c3ccccc3)nn2)C1. The monoisotopic (exact) mass is 358 g/mol. The van der Waals surface area contributed by atoms with Crippen LogP contribution in [-0.2, 0) is 4.79 Å². The highest BCUT2D eigenvalue weighted by Gasteiger charge is 2.26. The van der Waals surface area contributed by atoms with Gasteiger partial charge in [0, 0.05) is 24.3 Å². The summed E-state index contributed by atoms with van der Waals surface area (Å²) < 4.78 is 0. The number of nitrogens with one attached hydrogen (secondary N) is 1. The van der Waals surface area contributed by atoms with E-state index in [2.05, 4.69) is 20.4 Å². The number of carbonyl (C=O) groups is 1. The molecule has 1 unspecified atom stereocenters. The second-order valence-electron chi connectivity index (χ2n) is 6.78. The highest BCUT2D eigenvalue weighted by molar-refractivity contribution is 5.93. The smallest absolute Gasteiger partial charge is 0.229 e. The summed E-state index contributed by atoms with van der Waals surface area (Å²) in [5, 5.41) is 11.8. The summed E-state index contributed by atoms with van der Waals surface area (Å²) in [6, 6.07) is 23.6. The van der Waals surface area contributed by atoms with E-state index in [-0.39, 0.29) is 11.8 Å². The third-order valence-corrected chi connectivity index (χ3v) is 4.88. The number of anilines is 2. The molecule has 3 aromatic rings. The first-order valence-corrected chi connectivity index (χ1v) is 9.29. The highest BCUT2D eigenvalue weighted by Crippen LogP contribution is 2.24. The molecule has 1 aromatic heterocycles. The van der Waals surface area contributed by atoms with Gasteiger partial charge in [-0.1, -0.05) is 48.5 Å². The van der Waals surface area contributed by atoms with Gasteiger partial charge in [0.2, 0.25) is 5.91 Å². The number of nitrogens with zero attached hydrogens (tertiary/aromatic N) is 3. The molecule has 0 radical (unpaired) electrons. The van der Waals surface area contributed by atoms with E-state index in [1.165, 1.54) is 0 Å². The summed E-state index contributed by atoms with van der Waals surface area (Å²) in [6.07, 6.45) is 1.86. The summed E-state index contributed by atoms with van der Waals surface area (Å²) in [5.74, 6) is 0.848. The molecule has 2 heterocycles. The van der Waals surface area contributed by atoms with Crippen molar-refractivity contribution < 1.29 is 4.79 Å². The molecular weight excluding hydrogens is 336 g/mol. The Morgan fingerprint density at radius 3 is 2.37 bits per heavy atom. The predicted octanol–water partition coefficient (Wildman–Crippen LogP) is 4.00. The minimum atomic E-state index is -0.0467. The van der Waals surface area contributed by atoms with Crippen LogP contribution in [0.4, 0.5) is 11.5 Å². The number of benzene rings is 2. The lowest BCUT2D eigenvalue weighted by atomic mass is 9.97. The van der Waals surface area contributed by atoms with Crippen LogP contribution in [0.15, 0.2) is 72.8 Å². The van der Waals surface area contributed by atoms with Gasteiger partial charge in [-0.25, -0.2) is 0 Å². The normalized spacial score (nSPS) is 16.7. The van der Waals surface area contributed by atoms with Crippen molar-refractivity contribution in [2.75, 3.05) is 23.3 Å². The number of piperidine rings is 1. The van der Waals surface area contributed by atoms with Gasteiger partial charge in [-0.05, 0) is 37.1 Å². The minimum absolute atomic E-state index is 0.0467. The first-order valence-electron chi connectivity index (χ1n) is 9.29. The summed E-state index contributed by atoms with van der Waals surface area (Å²) in [7, 11) is 0. The van der Waals surface area contributed by atoms with Crippen molar-refractivity contribution in [2.45, 2.75) is 12.8 Å². The van der Waals surface area contributed by atoms with Crippen molar-refractivity contribution in [1.82, 2.24) is 10.2 Å². The summed E-state index contributed by atoms with van der Waals surface area (Å²) in [5.41, 5.74) is 2.75. The van der Waals surface area contributed by atoms with Crippen molar-refractivity contribution in [2.24, 2.45) is 5.92 Å². The maximum Gasteiger partial charge on any atom is 0.229 e. The molecule has 0 bridgehead atoms. The standard InChI is InChI=1S/C22H22N4O/c27-22(23-19-11-5-2-6-12-19)18-10-7-15-26(16-18)21-14-13-20(24-25-21)17-8-3-1-4-9-17/h1-6,8-9,11-14,18H,7,10,15-16H2,(H,23,27). The summed E-state index contributed by atoms with van der Waals surface area (Å²) >= 11 is 0. The number of amides is 1. The molecule has 0 saturated carbocycles. The van der Waals surface area contributed by atoms with Gasteiger partial charge in [0.1, 0.15) is 0 Å². The molecule has 5 nitrogen and oxygen atoms in total. The van der Waals surface area contributed by atoms with E-state index >= 15 is 0 Å². The average Bonchev–Trinajstić information content (AvgIpc) is 2.75. The first-order chi connectivity index (χ1) is 13.3. The van der Waals surface area contributed by atoms with Crippen LogP contribution in [0.1, 0.15) is 12.8 Å². The van der Waals surface area contributed by atoms with Crippen LogP contribution in [0.25, 0.3) is 11.3 Å². The molecule has 27 heavy (non-hydrogen) atoms. The zero-order valence-electron chi connectivity index (χ0n) is 15.1. The molecule has 1 amide bonds. The Morgan fingerprint density at radius 1 is 0.926 bits per heavy atom. The predicted molar refractivity (Wildman–Crippen MR) is 107 cm³/mol. The van der Waals surface area contributed by atoms with Gasteiger partial charge >= 0.3 is 0 Å². The molecular formula is C22H22N4O. The molecule has 1 atom stereocenters. The number of carbonyl (C=O) groups excluding carboxylic acids is 1. The number of hydrogen-bond donors (Lipinski definition) is 1. The van der Waals surface area contributed by atoms with E-state index in [4.69, 9.17) is 0 Å². The Balaban J connectivity index is 1.43. The second-order valence-corrected chi connectivity index (χ2v) is 6.78. The van der Waals surface area contributed by atoms with Crippen LogP contribution in [-0.4, -0.2) is 29.2 Å². The van der Waals surface area contributed by atoms with Crippen LogP contribution < -0.4 is 10.2 Å². The number of aromatic nitrogens is 2. The lowest BCUT2D eigenvalue weighted by molar-refractivity contribution is -0.120. The lowest BCUT2D eigenvalue weighted by Crippen LogP contribution is -2.41. The molecule has 1 N–H and O–H groups in total. The Labute approximate surface area is 159 Å². The summed E-state index contributed by atoms with van der Waals surface area (Å²) in [4.78, 5) is 14.8. The van der Waals surface area contributed by atoms with E-state index in [9.17, 15) is 4.79 Å². The molecule has 1 aliphatic rings. The Morgan fingerprint density at radius 2 is 1.67 bits per heavy atom. The van der Waals surface area contributed by atoms with Crippen LogP contribution in [0.3, 0.4) is 0 Å². The maximum absolute atomic E-state index is 12.6. The van der Waals surface area contributed by atoms with E-state index in [1.54, 1.807) is 0 Å². The van der Waals surface area contributed by atoms with Gasteiger partial charge in [-0.2, -0.15) is 0 Å². The zero-order valence-corrected chi connectivity index (χ0v) is 15.1. The van der Waals surface area contributed by atoms with Crippen LogP contribution >= 0.6 is 0 Å². The van der Waals surface area contributed by atoms with Crippen molar-refractivity contribution in [1.29, 1.82) is 0 Å². The number of hydrogen-bond acceptors (Lipinski definition) is 4. The largest absolute Gasteiger partial charge is 0.354 e. The maximum atomic E-state index is 12.6. The third kappa shape index (κ3) is 4.14. The molecule has 1 aliphatic heterocycles. The molecule has 0 spiro atoms. The Bertz CT molecular complexity index is 881. The Hall–Kier alpha value is -3.21. The van der Waals surface area contributed by atoms with Crippen LogP contribution in [0.5, 0.6) is 0 Å². The minimum Gasteiger partial charge on any atom is -0.354 e. The van der Waals surface area contributed by atoms with Gasteiger partial charge < -0.3 is 10.2 Å². The molecule has 2 aromatic carbocycles. The highest BCUT2D eigenvalue weighted by atomic mass is 16.1. The zero-order chi connectivity index (χ0) is 18.5. The fourth-order valence-electron chi connectivity index (χ4n) is 3.42. The van der Waals surface area contributed by atoms with Crippen molar-refractivity contribution >= 4 is 17.4 Å². The molecule has 0 aliphatic carbocycles. The number of rotatable bonds is 4.